The number of amides is 2. The average molecular weight is 459 g/mol. The molecule has 0 bridgehead atoms. The molecule has 5 rings (SSSR count). The molecule has 0 radical (unpaired) electrons. The Morgan fingerprint density at radius 3 is 2.48 bits per heavy atom. The molecule has 6 nitrogen and oxygen atoms in total. The zero-order valence-corrected chi connectivity index (χ0v) is 18.9. The summed E-state index contributed by atoms with van der Waals surface area (Å²) in [4.78, 5) is 33.4. The van der Waals surface area contributed by atoms with Gasteiger partial charge < -0.3 is 14.8 Å². The number of fused-ring (bicyclic) bond motifs is 3. The Balaban J connectivity index is 1.52. The number of halogens is 1. The van der Waals surface area contributed by atoms with Crippen molar-refractivity contribution >= 4 is 40.1 Å². The van der Waals surface area contributed by atoms with E-state index in [0.717, 1.165) is 22.4 Å². The number of hydrogen-bond donors (Lipinski definition) is 1. The number of para-hydroxylation sites is 3. The van der Waals surface area contributed by atoms with Crippen molar-refractivity contribution in [3.8, 4) is 0 Å². The Labute approximate surface area is 196 Å². The summed E-state index contributed by atoms with van der Waals surface area (Å²) in [7, 11) is 0. The summed E-state index contributed by atoms with van der Waals surface area (Å²) in [5.41, 5.74) is 3.21. The standard InChI is InChI=1S/C26H23ClN4O2/c1-17-25-29-21-13-7-8-14-22(21)31(25)23(15-24(32)28-20-12-6-5-11-19(20)27)26(33)30(17)16-18-9-3-2-4-10-18/h2-14,17,23H,15-16H2,1H3,(H,28,32)/t17-,23+/m1/s1. The Bertz CT molecular complexity index is 1330. The van der Waals surface area contributed by atoms with Crippen LogP contribution in [-0.2, 0) is 16.1 Å². The van der Waals surface area contributed by atoms with E-state index in [1.807, 2.05) is 71.0 Å². The molecule has 0 unspecified atom stereocenters. The molecule has 0 aliphatic carbocycles. The van der Waals surface area contributed by atoms with Crippen molar-refractivity contribution in [2.75, 3.05) is 5.32 Å². The zero-order chi connectivity index (χ0) is 22.9. The summed E-state index contributed by atoms with van der Waals surface area (Å²) in [6.45, 7) is 2.44. The van der Waals surface area contributed by atoms with Crippen LogP contribution in [0.3, 0.4) is 0 Å². The quantitative estimate of drug-likeness (QED) is 0.437. The first-order chi connectivity index (χ1) is 16.0. The van der Waals surface area contributed by atoms with Crippen LogP contribution in [0.5, 0.6) is 0 Å². The molecular weight excluding hydrogens is 436 g/mol. The van der Waals surface area contributed by atoms with Gasteiger partial charge in [-0.05, 0) is 36.8 Å². The van der Waals surface area contributed by atoms with Gasteiger partial charge in [-0.3, -0.25) is 9.59 Å². The Morgan fingerprint density at radius 2 is 1.70 bits per heavy atom. The van der Waals surface area contributed by atoms with Gasteiger partial charge in [0.05, 0.1) is 34.2 Å². The van der Waals surface area contributed by atoms with Gasteiger partial charge in [0.1, 0.15) is 11.9 Å². The minimum atomic E-state index is -0.699. The van der Waals surface area contributed by atoms with Gasteiger partial charge in [0.15, 0.2) is 0 Å². The monoisotopic (exact) mass is 458 g/mol. The minimum absolute atomic E-state index is 0.0184. The highest BCUT2D eigenvalue weighted by Crippen LogP contribution is 2.37. The SMILES string of the molecule is C[C@@H]1c2nc3ccccc3n2[C@@H](CC(=O)Nc2ccccc2Cl)C(=O)N1Cc1ccccc1. The zero-order valence-electron chi connectivity index (χ0n) is 18.1. The van der Waals surface area contributed by atoms with E-state index in [1.54, 1.807) is 24.3 Å². The summed E-state index contributed by atoms with van der Waals surface area (Å²) < 4.78 is 1.93. The Hall–Kier alpha value is -3.64. The highest BCUT2D eigenvalue weighted by atomic mass is 35.5. The van der Waals surface area contributed by atoms with E-state index in [1.165, 1.54) is 0 Å². The highest BCUT2D eigenvalue weighted by Gasteiger charge is 2.40. The number of imidazole rings is 1. The first-order valence-corrected chi connectivity index (χ1v) is 11.3. The van der Waals surface area contributed by atoms with Gasteiger partial charge in [-0.25, -0.2) is 4.98 Å². The molecule has 2 heterocycles. The van der Waals surface area contributed by atoms with Gasteiger partial charge in [0.25, 0.3) is 0 Å². The third kappa shape index (κ3) is 3.98. The molecule has 7 heteroatoms. The molecule has 2 amide bonds. The molecule has 0 spiro atoms. The summed E-state index contributed by atoms with van der Waals surface area (Å²) in [6, 6.07) is 23.7. The third-order valence-corrected chi connectivity index (χ3v) is 6.40. The number of anilines is 1. The number of rotatable bonds is 5. The number of aromatic nitrogens is 2. The van der Waals surface area contributed by atoms with E-state index in [4.69, 9.17) is 16.6 Å². The number of benzene rings is 3. The van der Waals surface area contributed by atoms with Gasteiger partial charge in [-0.15, -0.1) is 0 Å². The lowest BCUT2D eigenvalue weighted by Crippen LogP contribution is -2.45. The lowest BCUT2D eigenvalue weighted by molar-refractivity contribution is -0.142. The van der Waals surface area contributed by atoms with E-state index in [-0.39, 0.29) is 24.3 Å². The average Bonchev–Trinajstić information content (AvgIpc) is 3.21. The van der Waals surface area contributed by atoms with Crippen molar-refractivity contribution in [3.05, 3.63) is 95.3 Å². The molecule has 1 N–H and O–H groups in total. The van der Waals surface area contributed by atoms with Crippen molar-refractivity contribution in [3.63, 3.8) is 0 Å². The lowest BCUT2D eigenvalue weighted by Gasteiger charge is -2.38. The topological polar surface area (TPSA) is 67.2 Å². The number of carbonyl (C=O) groups is 2. The van der Waals surface area contributed by atoms with Crippen molar-refractivity contribution in [1.29, 1.82) is 0 Å². The summed E-state index contributed by atoms with van der Waals surface area (Å²) in [5.74, 6) is 0.401. The second-order valence-electron chi connectivity index (χ2n) is 8.20. The fourth-order valence-corrected chi connectivity index (χ4v) is 4.61. The fourth-order valence-electron chi connectivity index (χ4n) is 4.43. The highest BCUT2D eigenvalue weighted by molar-refractivity contribution is 6.33. The molecule has 4 aromatic rings. The number of nitrogens with zero attached hydrogens (tertiary/aromatic N) is 3. The first kappa shape index (κ1) is 21.2. The van der Waals surface area contributed by atoms with Gasteiger partial charge >= 0.3 is 0 Å². The maximum atomic E-state index is 13.8. The molecule has 0 saturated heterocycles. The lowest BCUT2D eigenvalue weighted by atomic mass is 10.0. The van der Waals surface area contributed by atoms with Crippen LogP contribution in [0.15, 0.2) is 78.9 Å². The number of hydrogen-bond acceptors (Lipinski definition) is 3. The Morgan fingerprint density at radius 1 is 1.00 bits per heavy atom. The fraction of sp³-hybridized carbons (Fsp3) is 0.192. The van der Waals surface area contributed by atoms with Crippen LogP contribution in [-0.4, -0.2) is 26.3 Å². The third-order valence-electron chi connectivity index (χ3n) is 6.07. The smallest absolute Gasteiger partial charge is 0.247 e. The number of carbonyl (C=O) groups excluding carboxylic acids is 2. The van der Waals surface area contributed by atoms with E-state index in [0.29, 0.717) is 17.3 Å². The molecule has 0 saturated carbocycles. The molecule has 2 atom stereocenters. The minimum Gasteiger partial charge on any atom is -0.327 e. The molecule has 1 aliphatic rings. The van der Waals surface area contributed by atoms with Gasteiger partial charge in [-0.2, -0.15) is 0 Å². The molecule has 33 heavy (non-hydrogen) atoms. The molecule has 1 aliphatic heterocycles. The van der Waals surface area contributed by atoms with E-state index < -0.39 is 6.04 Å². The van der Waals surface area contributed by atoms with Crippen LogP contribution in [0.2, 0.25) is 5.02 Å². The van der Waals surface area contributed by atoms with Crippen LogP contribution in [0.1, 0.15) is 36.8 Å². The maximum absolute atomic E-state index is 13.8. The number of nitrogens with one attached hydrogen (secondary N) is 1. The second-order valence-corrected chi connectivity index (χ2v) is 8.61. The van der Waals surface area contributed by atoms with Gasteiger partial charge in [0, 0.05) is 6.54 Å². The first-order valence-electron chi connectivity index (χ1n) is 10.9. The van der Waals surface area contributed by atoms with Crippen molar-refractivity contribution in [2.24, 2.45) is 0 Å². The predicted octanol–water partition coefficient (Wildman–Crippen LogP) is 5.36. The van der Waals surface area contributed by atoms with Crippen LogP contribution < -0.4 is 5.32 Å². The van der Waals surface area contributed by atoms with Crippen molar-refractivity contribution in [2.45, 2.75) is 32.0 Å². The normalized spacial score (nSPS) is 17.8. The Kier molecular flexibility index (Phi) is 5.60. The van der Waals surface area contributed by atoms with E-state index in [2.05, 4.69) is 5.32 Å². The predicted molar refractivity (Wildman–Crippen MR) is 129 cm³/mol. The molecule has 3 aromatic carbocycles. The van der Waals surface area contributed by atoms with Crippen molar-refractivity contribution < 1.29 is 9.59 Å². The van der Waals surface area contributed by atoms with Crippen LogP contribution >= 0.6 is 11.6 Å². The van der Waals surface area contributed by atoms with Crippen LogP contribution in [0, 0.1) is 0 Å². The van der Waals surface area contributed by atoms with Crippen LogP contribution in [0.4, 0.5) is 5.69 Å². The molecule has 166 valence electrons. The second kappa shape index (κ2) is 8.71. The maximum Gasteiger partial charge on any atom is 0.247 e. The van der Waals surface area contributed by atoms with E-state index in [9.17, 15) is 9.59 Å². The summed E-state index contributed by atoms with van der Waals surface area (Å²) in [5, 5.41) is 3.30. The summed E-state index contributed by atoms with van der Waals surface area (Å²) >= 11 is 6.21. The van der Waals surface area contributed by atoms with Crippen LogP contribution in [0.25, 0.3) is 11.0 Å². The van der Waals surface area contributed by atoms with Gasteiger partial charge in [0.2, 0.25) is 11.8 Å². The van der Waals surface area contributed by atoms with Gasteiger partial charge in [-0.1, -0.05) is 66.2 Å². The largest absolute Gasteiger partial charge is 0.327 e. The molecule has 0 fully saturated rings. The molecular formula is C26H23ClN4O2. The van der Waals surface area contributed by atoms with E-state index >= 15 is 0 Å². The van der Waals surface area contributed by atoms with Crippen molar-refractivity contribution in [1.82, 2.24) is 14.5 Å². The molecule has 1 aromatic heterocycles. The summed E-state index contributed by atoms with van der Waals surface area (Å²) in [6.07, 6.45) is -0.0184.